The number of hydrogen-bond donors (Lipinski definition) is 3. The summed E-state index contributed by atoms with van der Waals surface area (Å²) < 4.78 is 6.52. The molecule has 2 aromatic carbocycles. The van der Waals surface area contributed by atoms with E-state index in [1.165, 1.54) is 34.4 Å². The number of aliphatic hydroxyl groups excluding tert-OH is 1. The van der Waals surface area contributed by atoms with Gasteiger partial charge in [0.2, 0.25) is 0 Å². The molecule has 6 nitrogen and oxygen atoms in total. The van der Waals surface area contributed by atoms with Crippen molar-refractivity contribution in [3.63, 3.8) is 0 Å². The second-order valence-electron chi connectivity index (χ2n) is 13.8. The maximum atomic E-state index is 12.9. The summed E-state index contributed by atoms with van der Waals surface area (Å²) in [4.78, 5) is 17.5. The van der Waals surface area contributed by atoms with Gasteiger partial charge >= 0.3 is 5.97 Å². The first kappa shape index (κ1) is 31.6. The van der Waals surface area contributed by atoms with Crippen LogP contribution >= 0.6 is 11.6 Å². The number of aryl methyl sites for hydroxylation is 2. The van der Waals surface area contributed by atoms with E-state index in [9.17, 15) is 15.0 Å². The number of anilines is 1. The molecule has 1 aromatic heterocycles. The lowest BCUT2D eigenvalue weighted by molar-refractivity contribution is -0.143. The predicted molar refractivity (Wildman–Crippen MR) is 180 cm³/mol. The van der Waals surface area contributed by atoms with Gasteiger partial charge in [0.25, 0.3) is 0 Å². The summed E-state index contributed by atoms with van der Waals surface area (Å²) in [6, 6.07) is 13.6. The van der Waals surface area contributed by atoms with Crippen molar-refractivity contribution >= 4 is 29.3 Å². The number of hydrogen-bond acceptors (Lipinski definition) is 5. The van der Waals surface area contributed by atoms with E-state index in [1.54, 1.807) is 19.1 Å². The van der Waals surface area contributed by atoms with Crippen molar-refractivity contribution in [2.75, 3.05) is 11.9 Å². The number of allylic oxidation sites excluding steroid dienone is 1. The Morgan fingerprint density at radius 2 is 1.93 bits per heavy atom. The zero-order valence-corrected chi connectivity index (χ0v) is 27.6. The highest BCUT2D eigenvalue weighted by Crippen LogP contribution is 2.56. The van der Waals surface area contributed by atoms with Crippen LogP contribution in [-0.2, 0) is 16.6 Å². The first-order valence-corrected chi connectivity index (χ1v) is 16.8. The number of aromatic nitrogens is 1. The Bertz CT molecular complexity index is 1620. The molecule has 3 N–H and O–H groups in total. The summed E-state index contributed by atoms with van der Waals surface area (Å²) in [5, 5.41) is 25.0. The molecule has 3 aliphatic rings. The number of aliphatic carboxylic acids is 1. The maximum Gasteiger partial charge on any atom is 0.329 e. The highest BCUT2D eigenvalue weighted by atomic mass is 35.5. The molecule has 0 radical (unpaired) electrons. The van der Waals surface area contributed by atoms with Crippen molar-refractivity contribution < 1.29 is 19.7 Å². The van der Waals surface area contributed by atoms with Crippen LogP contribution in [-0.4, -0.2) is 33.3 Å². The van der Waals surface area contributed by atoms with Crippen molar-refractivity contribution in [1.29, 1.82) is 0 Å². The van der Waals surface area contributed by atoms with E-state index in [2.05, 4.69) is 49.3 Å². The number of benzene rings is 2. The molecular weight excluding hydrogens is 584 g/mol. The van der Waals surface area contributed by atoms with Gasteiger partial charge in [-0.25, -0.2) is 4.79 Å². The van der Waals surface area contributed by atoms with E-state index in [-0.39, 0.29) is 11.3 Å². The fourth-order valence-electron chi connectivity index (χ4n) is 8.06. The van der Waals surface area contributed by atoms with Crippen molar-refractivity contribution in [2.24, 2.45) is 5.92 Å². The number of carbonyl (C=O) groups is 1. The van der Waals surface area contributed by atoms with Crippen LogP contribution in [0.5, 0.6) is 5.75 Å². The van der Waals surface area contributed by atoms with Gasteiger partial charge in [0, 0.05) is 33.6 Å². The molecule has 0 unspecified atom stereocenters. The molecule has 3 aliphatic carbocycles. The second kappa shape index (κ2) is 12.4. The van der Waals surface area contributed by atoms with Gasteiger partial charge in [0.1, 0.15) is 11.3 Å². The third-order valence-electron chi connectivity index (χ3n) is 10.6. The molecule has 0 aliphatic heterocycles. The van der Waals surface area contributed by atoms with Gasteiger partial charge in [0.15, 0.2) is 0 Å². The molecule has 0 saturated heterocycles. The number of ether oxygens (including phenoxy) is 1. The van der Waals surface area contributed by atoms with Crippen LogP contribution in [0.15, 0.2) is 54.2 Å². The number of nitrogens with zero attached hydrogens (tertiary/aromatic N) is 1. The van der Waals surface area contributed by atoms with Gasteiger partial charge in [-0.15, -0.1) is 0 Å². The lowest BCUT2D eigenvalue weighted by Crippen LogP contribution is -2.52. The lowest BCUT2D eigenvalue weighted by atomic mass is 9.61. The molecule has 7 heteroatoms. The average molecular weight is 629 g/mol. The van der Waals surface area contributed by atoms with Crippen LogP contribution in [0.2, 0.25) is 5.02 Å². The summed E-state index contributed by atoms with van der Waals surface area (Å²) in [6.45, 7) is 9.03. The number of aliphatic hydroxyl groups is 1. The summed E-state index contributed by atoms with van der Waals surface area (Å²) >= 11 is 6.24. The summed E-state index contributed by atoms with van der Waals surface area (Å²) in [6.07, 6.45) is 10.2. The van der Waals surface area contributed by atoms with Gasteiger partial charge in [-0.1, -0.05) is 55.3 Å². The molecule has 45 heavy (non-hydrogen) atoms. The largest absolute Gasteiger partial charge is 0.493 e. The Balaban J connectivity index is 1.27. The summed E-state index contributed by atoms with van der Waals surface area (Å²) in [7, 11) is 0. The Labute approximate surface area is 271 Å². The van der Waals surface area contributed by atoms with Gasteiger partial charge < -0.3 is 20.3 Å². The van der Waals surface area contributed by atoms with E-state index in [1.807, 2.05) is 24.4 Å². The van der Waals surface area contributed by atoms with Crippen molar-refractivity contribution in [1.82, 2.24) is 4.98 Å². The molecule has 238 valence electrons. The number of nitrogens with one attached hydrogen (secondary N) is 1. The molecular formula is C38H45ClN2O4. The monoisotopic (exact) mass is 628 g/mol. The fraction of sp³-hybridized carbons (Fsp3) is 0.474. The molecule has 3 atom stereocenters. The number of halogens is 1. The predicted octanol–water partition coefficient (Wildman–Crippen LogP) is 8.79. The fourth-order valence-corrected chi connectivity index (χ4v) is 8.25. The van der Waals surface area contributed by atoms with Crippen LogP contribution in [0, 0.1) is 12.8 Å². The summed E-state index contributed by atoms with van der Waals surface area (Å²) in [5.74, 6) is 0.821. The Hall–Kier alpha value is -3.35. The number of carboxylic acid groups (broad SMARTS) is 1. The highest BCUT2D eigenvalue weighted by Gasteiger charge is 2.52. The number of pyridine rings is 1. The first-order chi connectivity index (χ1) is 21.5. The van der Waals surface area contributed by atoms with Crippen molar-refractivity contribution in [2.45, 2.75) is 102 Å². The molecule has 1 fully saturated rings. The number of rotatable bonds is 9. The Kier molecular flexibility index (Phi) is 8.75. The Morgan fingerprint density at radius 1 is 1.16 bits per heavy atom. The third kappa shape index (κ3) is 5.99. The Morgan fingerprint density at radius 3 is 2.64 bits per heavy atom. The van der Waals surface area contributed by atoms with Crippen LogP contribution in [0.3, 0.4) is 0 Å². The zero-order valence-electron chi connectivity index (χ0n) is 26.8. The minimum atomic E-state index is -1.09. The standard InChI is InChI=1S/C38H45ClN2O4/c1-23(22-45-34-11-16-40-33-10-5-7-24(2)35(33)34)17-28-20-31-25(3)18-27(26(4)42)19-32(31)37(28)12-14-38(15-13-37,36(43)44)41-30-9-6-8-29(39)21-30/h6,8-9,11,16,18-21,23-24,26,41-42H,5,7,10,12-15,17,22H2,1-4H3,(H,43,44)/t23-,24-,26-,37?,38?/m1/s1. The maximum absolute atomic E-state index is 12.9. The number of fused-ring (bicyclic) bond motifs is 3. The van der Waals surface area contributed by atoms with Crippen LogP contribution < -0.4 is 10.1 Å². The number of carboxylic acids is 1. The smallest absolute Gasteiger partial charge is 0.329 e. The van der Waals surface area contributed by atoms with Crippen molar-refractivity contribution in [3.8, 4) is 5.75 Å². The second-order valence-corrected chi connectivity index (χ2v) is 14.3. The van der Waals surface area contributed by atoms with E-state index >= 15 is 0 Å². The first-order valence-electron chi connectivity index (χ1n) is 16.4. The molecule has 1 spiro atoms. The van der Waals surface area contributed by atoms with E-state index in [0.29, 0.717) is 48.9 Å². The molecule has 0 bridgehead atoms. The zero-order chi connectivity index (χ0) is 31.9. The molecule has 1 heterocycles. The molecule has 3 aromatic rings. The van der Waals surface area contributed by atoms with Crippen LogP contribution in [0.4, 0.5) is 5.69 Å². The van der Waals surface area contributed by atoms with Gasteiger partial charge in [-0.2, -0.15) is 0 Å². The van der Waals surface area contributed by atoms with E-state index < -0.39 is 17.6 Å². The van der Waals surface area contributed by atoms with Gasteiger partial charge in [0.05, 0.1) is 12.7 Å². The van der Waals surface area contributed by atoms with Crippen LogP contribution in [0.25, 0.3) is 6.08 Å². The molecule has 6 rings (SSSR count). The summed E-state index contributed by atoms with van der Waals surface area (Å²) in [5.41, 5.74) is 7.60. The highest BCUT2D eigenvalue weighted by molar-refractivity contribution is 6.30. The molecule has 0 amide bonds. The quantitative estimate of drug-likeness (QED) is 0.219. The normalized spacial score (nSPS) is 25.2. The lowest BCUT2D eigenvalue weighted by Gasteiger charge is -2.46. The van der Waals surface area contributed by atoms with Crippen molar-refractivity contribution in [3.05, 3.63) is 92.8 Å². The minimum absolute atomic E-state index is 0.248. The topological polar surface area (TPSA) is 91.7 Å². The minimum Gasteiger partial charge on any atom is -0.493 e. The average Bonchev–Trinajstić information content (AvgIpc) is 3.30. The van der Waals surface area contributed by atoms with E-state index in [0.717, 1.165) is 36.1 Å². The third-order valence-corrected chi connectivity index (χ3v) is 10.8. The van der Waals surface area contributed by atoms with Gasteiger partial charge in [-0.3, -0.25) is 4.98 Å². The molecule has 1 saturated carbocycles. The van der Waals surface area contributed by atoms with Crippen LogP contribution in [0.1, 0.15) is 111 Å². The van der Waals surface area contributed by atoms with E-state index in [4.69, 9.17) is 16.3 Å². The SMILES string of the molecule is Cc1cc([C@@H](C)O)cc2c1C=C(C[C@@H](C)COc1ccnc3c1[C@H](C)CCC3)C21CCC(Nc2cccc(Cl)c2)(C(=O)O)CC1. The van der Waals surface area contributed by atoms with Gasteiger partial charge in [-0.05, 0) is 124 Å².